The fourth-order valence-electron chi connectivity index (χ4n) is 1.75. The van der Waals surface area contributed by atoms with Gasteiger partial charge in [0.2, 0.25) is 0 Å². The second-order valence-corrected chi connectivity index (χ2v) is 4.88. The Balaban J connectivity index is 1.81. The van der Waals surface area contributed by atoms with Crippen LogP contribution in [0.4, 0.5) is 5.69 Å². The summed E-state index contributed by atoms with van der Waals surface area (Å²) in [5.41, 5.74) is 2.81. The van der Waals surface area contributed by atoms with Crippen LogP contribution in [-0.4, -0.2) is 4.98 Å². The third-order valence-electron chi connectivity index (χ3n) is 2.54. The number of aryl methyl sites for hydroxylation is 1. The van der Waals surface area contributed by atoms with E-state index >= 15 is 0 Å². The Bertz CT molecular complexity index is 628. The van der Waals surface area contributed by atoms with E-state index in [1.807, 2.05) is 25.1 Å². The van der Waals surface area contributed by atoms with Crippen LogP contribution in [0.5, 0.6) is 0 Å². The van der Waals surface area contributed by atoms with Crippen LogP contribution in [0.1, 0.15) is 10.8 Å². The van der Waals surface area contributed by atoms with Crippen LogP contribution >= 0.6 is 11.3 Å². The number of rotatable bonds is 3. The fourth-order valence-corrected chi connectivity index (χ4v) is 2.40. The van der Waals surface area contributed by atoms with Crippen molar-refractivity contribution in [1.29, 1.82) is 0 Å². The Kier molecular flexibility index (Phi) is 2.57. The lowest BCUT2D eigenvalue weighted by atomic mass is 10.3. The number of anilines is 1. The second-order valence-electron chi connectivity index (χ2n) is 3.85. The van der Waals surface area contributed by atoms with Gasteiger partial charge in [0.05, 0.1) is 0 Å². The fraction of sp³-hybridized carbons (Fsp3) is 0.154. The van der Waals surface area contributed by atoms with Crippen molar-refractivity contribution in [3.8, 4) is 0 Å². The Morgan fingerprint density at radius 3 is 3.12 bits per heavy atom. The highest BCUT2D eigenvalue weighted by Crippen LogP contribution is 2.20. The van der Waals surface area contributed by atoms with Gasteiger partial charge in [0.15, 0.2) is 11.5 Å². The smallest absolute Gasteiger partial charge is 0.192 e. The molecule has 3 aromatic rings. The van der Waals surface area contributed by atoms with Gasteiger partial charge in [-0.05, 0) is 29.6 Å². The zero-order valence-corrected chi connectivity index (χ0v) is 10.3. The number of thiophene rings is 1. The van der Waals surface area contributed by atoms with Crippen LogP contribution in [0.2, 0.25) is 0 Å². The Morgan fingerprint density at radius 2 is 2.29 bits per heavy atom. The van der Waals surface area contributed by atoms with Crippen molar-refractivity contribution in [2.45, 2.75) is 13.5 Å². The van der Waals surface area contributed by atoms with Crippen molar-refractivity contribution in [1.82, 2.24) is 4.98 Å². The summed E-state index contributed by atoms with van der Waals surface area (Å²) >= 11 is 1.75. The summed E-state index contributed by atoms with van der Waals surface area (Å²) in [4.78, 5) is 5.64. The van der Waals surface area contributed by atoms with E-state index in [9.17, 15) is 0 Å². The first-order chi connectivity index (χ1) is 8.31. The van der Waals surface area contributed by atoms with E-state index in [4.69, 9.17) is 4.42 Å². The molecule has 0 bridgehead atoms. The molecular formula is C13H12N2OS. The molecule has 1 aromatic carbocycles. The highest BCUT2D eigenvalue weighted by atomic mass is 32.1. The molecule has 3 rings (SSSR count). The Hall–Kier alpha value is -1.81. The average Bonchev–Trinajstić information content (AvgIpc) is 2.92. The predicted octanol–water partition coefficient (Wildman–Crippen LogP) is 3.81. The third-order valence-corrected chi connectivity index (χ3v) is 3.42. The first-order valence-corrected chi connectivity index (χ1v) is 6.33. The molecule has 0 aliphatic rings. The molecular weight excluding hydrogens is 232 g/mol. The third kappa shape index (κ3) is 2.17. The molecule has 1 N–H and O–H groups in total. The molecule has 0 saturated heterocycles. The standard InChI is InChI=1S/C13H12N2OS/c1-9-15-12-7-10(4-5-13(12)16-9)14-8-11-3-2-6-17-11/h2-7,14H,8H2,1H3. The molecule has 0 aliphatic heterocycles. The van der Waals surface area contributed by atoms with E-state index in [0.29, 0.717) is 5.89 Å². The lowest BCUT2D eigenvalue weighted by molar-refractivity contribution is 0.561. The minimum atomic E-state index is 0.704. The van der Waals surface area contributed by atoms with Gasteiger partial charge < -0.3 is 9.73 Å². The van der Waals surface area contributed by atoms with Crippen molar-refractivity contribution in [3.63, 3.8) is 0 Å². The normalized spacial score (nSPS) is 10.9. The zero-order chi connectivity index (χ0) is 11.7. The van der Waals surface area contributed by atoms with Crippen LogP contribution in [0, 0.1) is 6.92 Å². The molecule has 0 aliphatic carbocycles. The number of hydrogen-bond donors (Lipinski definition) is 1. The monoisotopic (exact) mass is 244 g/mol. The Labute approximate surface area is 103 Å². The molecule has 4 heteroatoms. The molecule has 0 atom stereocenters. The van der Waals surface area contributed by atoms with E-state index < -0.39 is 0 Å². The maximum absolute atomic E-state index is 5.44. The molecule has 17 heavy (non-hydrogen) atoms. The van der Waals surface area contributed by atoms with E-state index in [1.54, 1.807) is 11.3 Å². The van der Waals surface area contributed by atoms with Crippen molar-refractivity contribution < 1.29 is 4.42 Å². The summed E-state index contributed by atoms with van der Waals surface area (Å²) in [6.45, 7) is 2.71. The summed E-state index contributed by atoms with van der Waals surface area (Å²) in [7, 11) is 0. The number of nitrogens with one attached hydrogen (secondary N) is 1. The highest BCUT2D eigenvalue weighted by Gasteiger charge is 2.03. The molecule has 3 nitrogen and oxygen atoms in total. The first kappa shape index (κ1) is 10.4. The van der Waals surface area contributed by atoms with Crippen LogP contribution < -0.4 is 5.32 Å². The maximum atomic E-state index is 5.44. The van der Waals surface area contributed by atoms with Crippen LogP contribution in [0.3, 0.4) is 0 Å². The number of fused-ring (bicyclic) bond motifs is 1. The molecule has 2 aromatic heterocycles. The van der Waals surface area contributed by atoms with Crippen LogP contribution in [-0.2, 0) is 6.54 Å². The molecule has 2 heterocycles. The lowest BCUT2D eigenvalue weighted by Crippen LogP contribution is -1.96. The van der Waals surface area contributed by atoms with E-state index in [-0.39, 0.29) is 0 Å². The molecule has 0 amide bonds. The molecule has 0 saturated carbocycles. The van der Waals surface area contributed by atoms with Gasteiger partial charge in [-0.15, -0.1) is 11.3 Å². The van der Waals surface area contributed by atoms with Gasteiger partial charge in [-0.2, -0.15) is 0 Å². The number of hydrogen-bond acceptors (Lipinski definition) is 4. The van der Waals surface area contributed by atoms with Gasteiger partial charge in [0.25, 0.3) is 0 Å². The van der Waals surface area contributed by atoms with Gasteiger partial charge in [0.1, 0.15) is 5.52 Å². The molecule has 0 radical (unpaired) electrons. The quantitative estimate of drug-likeness (QED) is 0.761. The van der Waals surface area contributed by atoms with Gasteiger partial charge in [-0.1, -0.05) is 6.07 Å². The highest BCUT2D eigenvalue weighted by molar-refractivity contribution is 7.09. The minimum Gasteiger partial charge on any atom is -0.441 e. The van der Waals surface area contributed by atoms with E-state index in [0.717, 1.165) is 23.3 Å². The van der Waals surface area contributed by atoms with Crippen LogP contribution in [0.25, 0.3) is 11.1 Å². The summed E-state index contributed by atoms with van der Waals surface area (Å²) < 4.78 is 5.44. The van der Waals surface area contributed by atoms with Crippen molar-refractivity contribution in [2.24, 2.45) is 0 Å². The number of benzene rings is 1. The van der Waals surface area contributed by atoms with Crippen molar-refractivity contribution in [3.05, 3.63) is 46.5 Å². The largest absolute Gasteiger partial charge is 0.441 e. The number of oxazole rings is 1. The van der Waals surface area contributed by atoms with Gasteiger partial charge >= 0.3 is 0 Å². The van der Waals surface area contributed by atoms with Crippen molar-refractivity contribution >= 4 is 28.1 Å². The van der Waals surface area contributed by atoms with Crippen molar-refractivity contribution in [2.75, 3.05) is 5.32 Å². The van der Waals surface area contributed by atoms with Gasteiger partial charge in [0, 0.05) is 24.0 Å². The summed E-state index contributed by atoms with van der Waals surface area (Å²) in [6.07, 6.45) is 0. The number of aromatic nitrogens is 1. The van der Waals surface area contributed by atoms with E-state index in [2.05, 4.69) is 27.8 Å². The number of nitrogens with zero attached hydrogens (tertiary/aromatic N) is 1. The summed E-state index contributed by atoms with van der Waals surface area (Å²) in [5, 5.41) is 5.46. The first-order valence-electron chi connectivity index (χ1n) is 5.45. The second kappa shape index (κ2) is 4.22. The molecule has 0 fully saturated rings. The Morgan fingerprint density at radius 1 is 1.35 bits per heavy atom. The minimum absolute atomic E-state index is 0.704. The molecule has 0 unspecified atom stereocenters. The van der Waals surface area contributed by atoms with Crippen LogP contribution in [0.15, 0.2) is 40.1 Å². The predicted molar refractivity (Wildman–Crippen MR) is 70.4 cm³/mol. The van der Waals surface area contributed by atoms with E-state index in [1.165, 1.54) is 4.88 Å². The molecule has 0 spiro atoms. The maximum Gasteiger partial charge on any atom is 0.192 e. The zero-order valence-electron chi connectivity index (χ0n) is 9.43. The topological polar surface area (TPSA) is 38.1 Å². The van der Waals surface area contributed by atoms with Gasteiger partial charge in [-0.25, -0.2) is 4.98 Å². The lowest BCUT2D eigenvalue weighted by Gasteiger charge is -2.03. The average molecular weight is 244 g/mol. The molecule has 86 valence electrons. The summed E-state index contributed by atoms with van der Waals surface area (Å²) in [5.74, 6) is 0.704. The van der Waals surface area contributed by atoms with Gasteiger partial charge in [-0.3, -0.25) is 0 Å². The summed E-state index contributed by atoms with van der Waals surface area (Å²) in [6, 6.07) is 10.2. The SMILES string of the molecule is Cc1nc2cc(NCc3cccs3)ccc2o1.